The molecule has 2 heterocycles. The zero-order valence-corrected chi connectivity index (χ0v) is 22.8. The molecule has 9 heteroatoms. The number of aromatic nitrogens is 1. The summed E-state index contributed by atoms with van der Waals surface area (Å²) in [4.78, 5) is 33.5. The lowest BCUT2D eigenvalue weighted by molar-refractivity contribution is -0.150. The van der Waals surface area contributed by atoms with Crippen LogP contribution in [0, 0.1) is 5.92 Å². The first-order valence-corrected chi connectivity index (χ1v) is 14.1. The smallest absolute Gasteiger partial charge is 0.249 e. The van der Waals surface area contributed by atoms with Crippen LogP contribution >= 0.6 is 11.8 Å². The summed E-state index contributed by atoms with van der Waals surface area (Å²) in [5, 5.41) is 3.02. The lowest BCUT2D eigenvalue weighted by Crippen LogP contribution is -2.53. The Balaban J connectivity index is 2.42. The van der Waals surface area contributed by atoms with Crippen molar-refractivity contribution in [3.63, 3.8) is 0 Å². The Labute approximate surface area is 214 Å². The van der Waals surface area contributed by atoms with E-state index >= 15 is 0 Å². The molecule has 2 atom stereocenters. The number of unbranched alkanes of at least 4 members (excludes halogenated alkanes) is 2. The third-order valence-electron chi connectivity index (χ3n) is 6.05. The fourth-order valence-corrected chi connectivity index (χ4v) is 4.38. The maximum absolute atomic E-state index is 13.7. The van der Waals surface area contributed by atoms with Gasteiger partial charge in [-0.05, 0) is 31.6 Å². The van der Waals surface area contributed by atoms with Gasteiger partial charge >= 0.3 is 0 Å². The van der Waals surface area contributed by atoms with E-state index in [1.54, 1.807) is 22.9 Å². The molecule has 8 nitrogen and oxygen atoms in total. The molecule has 0 spiro atoms. The van der Waals surface area contributed by atoms with Crippen LogP contribution in [0.5, 0.6) is 0 Å². The molecule has 0 aromatic carbocycles. The molecule has 1 aliphatic rings. The van der Waals surface area contributed by atoms with Gasteiger partial charge in [-0.2, -0.15) is 11.8 Å². The Hall–Kier alpha value is -1.68. The lowest BCUT2D eigenvalue weighted by atomic mass is 9.96. The van der Waals surface area contributed by atoms with Crippen LogP contribution < -0.4 is 5.32 Å². The summed E-state index contributed by atoms with van der Waals surface area (Å²) >= 11 is 1.66. The zero-order valence-electron chi connectivity index (χ0n) is 22.0. The number of amides is 2. The van der Waals surface area contributed by atoms with Gasteiger partial charge in [-0.1, -0.05) is 33.6 Å². The van der Waals surface area contributed by atoms with E-state index in [9.17, 15) is 9.59 Å². The molecular weight excluding hydrogens is 466 g/mol. The normalized spacial score (nSPS) is 14.6. The zero-order chi connectivity index (χ0) is 25.6. The molecule has 1 aromatic heterocycles. The molecule has 0 aliphatic carbocycles. The van der Waals surface area contributed by atoms with E-state index < -0.39 is 6.04 Å². The lowest BCUT2D eigenvalue weighted by Gasteiger charge is -2.39. The minimum atomic E-state index is -0.838. The first-order chi connectivity index (χ1) is 16.9. The van der Waals surface area contributed by atoms with Crippen LogP contribution in [0.15, 0.2) is 12.3 Å². The average Bonchev–Trinajstić information content (AvgIpc) is 3.31. The third-order valence-corrected chi connectivity index (χ3v) is 6.66. The standard InChI is InChI=1S/C26H43N3O5S/c1-6-8-9-11-33-18-24(30)29(23(19(3)4)17-32-7-2)25(26(31)27-10-12-35-5)20-13-21-15-34-16-22(21)28-14-20/h13-14,19,23,25H,6-12,15-18H2,1-5H3,(H,27,31). The molecule has 2 amide bonds. The van der Waals surface area contributed by atoms with Crippen LogP contribution in [-0.4, -0.2) is 72.7 Å². The summed E-state index contributed by atoms with van der Waals surface area (Å²) in [5.41, 5.74) is 2.51. The number of pyridine rings is 1. The van der Waals surface area contributed by atoms with Gasteiger partial charge in [0.15, 0.2) is 0 Å². The second kappa shape index (κ2) is 16.1. The van der Waals surface area contributed by atoms with Crippen molar-refractivity contribution < 1.29 is 23.8 Å². The van der Waals surface area contributed by atoms with Gasteiger partial charge in [0.2, 0.25) is 11.8 Å². The molecule has 0 fully saturated rings. The number of hydrogen-bond donors (Lipinski definition) is 1. The van der Waals surface area contributed by atoms with E-state index in [0.717, 1.165) is 36.3 Å². The number of carbonyl (C=O) groups is 2. The summed E-state index contributed by atoms with van der Waals surface area (Å²) in [6, 6.07) is 0.812. The van der Waals surface area contributed by atoms with Crippen LogP contribution in [0.3, 0.4) is 0 Å². The van der Waals surface area contributed by atoms with Crippen molar-refractivity contribution in [1.82, 2.24) is 15.2 Å². The molecule has 1 N–H and O–H groups in total. The highest BCUT2D eigenvalue weighted by Gasteiger charge is 2.38. The summed E-state index contributed by atoms with van der Waals surface area (Å²) in [5.74, 6) is 0.413. The van der Waals surface area contributed by atoms with Gasteiger partial charge in [-0.25, -0.2) is 0 Å². The Morgan fingerprint density at radius 1 is 1.23 bits per heavy atom. The van der Waals surface area contributed by atoms with Crippen molar-refractivity contribution in [1.29, 1.82) is 0 Å². The Kier molecular flexibility index (Phi) is 13.6. The van der Waals surface area contributed by atoms with Gasteiger partial charge in [0.1, 0.15) is 12.6 Å². The van der Waals surface area contributed by atoms with Crippen LogP contribution in [0.2, 0.25) is 0 Å². The van der Waals surface area contributed by atoms with E-state index in [1.165, 1.54) is 0 Å². The van der Waals surface area contributed by atoms with Gasteiger partial charge in [-0.15, -0.1) is 0 Å². The number of ether oxygens (including phenoxy) is 3. The van der Waals surface area contributed by atoms with Gasteiger partial charge in [-0.3, -0.25) is 14.6 Å². The Morgan fingerprint density at radius 3 is 2.71 bits per heavy atom. The number of nitrogens with one attached hydrogen (secondary N) is 1. The van der Waals surface area contributed by atoms with Gasteiger partial charge < -0.3 is 24.4 Å². The SMILES string of the molecule is CCCCCOCC(=O)N(C(C(=O)NCCSC)c1cnc2c(c1)COC2)C(COCC)C(C)C. The molecule has 2 unspecified atom stereocenters. The Bertz CT molecular complexity index is 792. The largest absolute Gasteiger partial charge is 0.380 e. The molecule has 2 rings (SSSR count). The molecule has 0 bridgehead atoms. The van der Waals surface area contributed by atoms with Gasteiger partial charge in [0.25, 0.3) is 0 Å². The van der Waals surface area contributed by atoms with Crippen LogP contribution in [0.1, 0.15) is 69.8 Å². The first kappa shape index (κ1) is 29.5. The molecule has 1 aliphatic heterocycles. The molecule has 35 heavy (non-hydrogen) atoms. The minimum absolute atomic E-state index is 0.0674. The van der Waals surface area contributed by atoms with Crippen LogP contribution in [-0.2, 0) is 37.0 Å². The number of hydrogen-bond acceptors (Lipinski definition) is 7. The maximum atomic E-state index is 13.7. The van der Waals surface area contributed by atoms with E-state index in [-0.39, 0.29) is 30.4 Å². The predicted molar refractivity (Wildman–Crippen MR) is 139 cm³/mol. The maximum Gasteiger partial charge on any atom is 0.249 e. The highest BCUT2D eigenvalue weighted by molar-refractivity contribution is 7.98. The van der Waals surface area contributed by atoms with Crippen LogP contribution in [0.4, 0.5) is 0 Å². The first-order valence-electron chi connectivity index (χ1n) is 12.7. The van der Waals surface area contributed by atoms with Crippen molar-refractivity contribution in [2.24, 2.45) is 5.92 Å². The van der Waals surface area contributed by atoms with Crippen molar-refractivity contribution in [2.45, 2.75) is 72.3 Å². The quantitative estimate of drug-likeness (QED) is 0.320. The van der Waals surface area contributed by atoms with Crippen molar-refractivity contribution in [3.8, 4) is 0 Å². The molecule has 0 saturated carbocycles. The number of nitrogens with zero attached hydrogens (tertiary/aromatic N) is 2. The number of fused-ring (bicyclic) bond motifs is 1. The summed E-state index contributed by atoms with van der Waals surface area (Å²) in [7, 11) is 0. The van der Waals surface area contributed by atoms with E-state index in [0.29, 0.717) is 45.1 Å². The van der Waals surface area contributed by atoms with E-state index in [1.807, 2.05) is 33.1 Å². The van der Waals surface area contributed by atoms with E-state index in [4.69, 9.17) is 14.2 Å². The second-order valence-electron chi connectivity index (χ2n) is 9.09. The van der Waals surface area contributed by atoms with Crippen molar-refractivity contribution >= 4 is 23.6 Å². The summed E-state index contributed by atoms with van der Waals surface area (Å²) < 4.78 is 17.1. The van der Waals surface area contributed by atoms with Gasteiger partial charge in [0.05, 0.1) is 31.6 Å². The van der Waals surface area contributed by atoms with Crippen molar-refractivity contribution in [3.05, 3.63) is 29.1 Å². The number of rotatable bonds is 17. The van der Waals surface area contributed by atoms with E-state index in [2.05, 4.69) is 17.2 Å². The average molecular weight is 510 g/mol. The van der Waals surface area contributed by atoms with Gasteiger partial charge in [0, 0.05) is 42.8 Å². The van der Waals surface area contributed by atoms with Crippen molar-refractivity contribution in [2.75, 3.05) is 45.0 Å². The second-order valence-corrected chi connectivity index (χ2v) is 10.1. The minimum Gasteiger partial charge on any atom is -0.380 e. The number of carbonyl (C=O) groups excluding carboxylic acids is 2. The highest BCUT2D eigenvalue weighted by Crippen LogP contribution is 2.30. The predicted octanol–water partition coefficient (Wildman–Crippen LogP) is 3.73. The fraction of sp³-hybridized carbons (Fsp3) is 0.731. The monoisotopic (exact) mass is 509 g/mol. The fourth-order valence-electron chi connectivity index (χ4n) is 4.07. The Morgan fingerprint density at radius 2 is 2.03 bits per heavy atom. The van der Waals surface area contributed by atoms with Crippen LogP contribution in [0.25, 0.3) is 0 Å². The summed E-state index contributed by atoms with van der Waals surface area (Å²) in [6.07, 6.45) is 6.74. The highest BCUT2D eigenvalue weighted by atomic mass is 32.2. The molecule has 0 saturated heterocycles. The topological polar surface area (TPSA) is 90.0 Å². The molecule has 198 valence electrons. The number of thioether (sulfide) groups is 1. The summed E-state index contributed by atoms with van der Waals surface area (Å²) in [6.45, 7) is 10.9. The molecule has 1 aromatic rings. The third kappa shape index (κ3) is 9.04. The molecular formula is C26H43N3O5S. The molecule has 0 radical (unpaired) electrons.